The molecule has 0 aliphatic rings. The Bertz CT molecular complexity index is 604. The molecule has 0 fully saturated rings. The van der Waals surface area contributed by atoms with Crippen LogP contribution in [0.5, 0.6) is 5.75 Å². The molecule has 0 aliphatic heterocycles. The molecule has 0 aliphatic carbocycles. The fourth-order valence-electron chi connectivity index (χ4n) is 1.77. The van der Waals surface area contributed by atoms with E-state index in [4.69, 9.17) is 15.6 Å². The normalized spacial score (nSPS) is 10.3. The van der Waals surface area contributed by atoms with Crippen LogP contribution < -0.4 is 10.5 Å². The van der Waals surface area contributed by atoms with Gasteiger partial charge >= 0.3 is 5.97 Å². The fourth-order valence-corrected chi connectivity index (χ4v) is 2.60. The number of ether oxygens (including phenoxy) is 1. The van der Waals surface area contributed by atoms with Gasteiger partial charge in [-0.3, -0.25) is 0 Å². The van der Waals surface area contributed by atoms with E-state index < -0.39 is 5.97 Å². The number of hydrogen-bond donors (Lipinski definition) is 2. The zero-order valence-corrected chi connectivity index (χ0v) is 10.9. The van der Waals surface area contributed by atoms with Crippen molar-refractivity contribution in [1.29, 1.82) is 0 Å². The second-order valence-electron chi connectivity index (χ2n) is 3.90. The minimum absolute atomic E-state index is 0.161. The van der Waals surface area contributed by atoms with Crippen LogP contribution >= 0.6 is 11.3 Å². The van der Waals surface area contributed by atoms with Crippen molar-refractivity contribution in [2.75, 3.05) is 12.8 Å². The minimum Gasteiger partial charge on any atom is -0.496 e. The molecule has 0 atom stereocenters. The Labute approximate surface area is 109 Å². The largest absolute Gasteiger partial charge is 0.496 e. The van der Waals surface area contributed by atoms with Crippen molar-refractivity contribution >= 4 is 23.0 Å². The van der Waals surface area contributed by atoms with E-state index in [1.807, 2.05) is 25.1 Å². The molecule has 2 rings (SSSR count). The summed E-state index contributed by atoms with van der Waals surface area (Å²) in [6, 6.07) is 5.72. The Morgan fingerprint density at radius 2 is 2.11 bits per heavy atom. The highest BCUT2D eigenvalue weighted by Crippen LogP contribution is 2.39. The standard InChI is InChI=1S/C13H13NO3S/c1-7-3-4-10(17-2)8(5-7)9-6-18-12(11(9)14)13(15)16/h3-6H,14H2,1-2H3,(H,15,16). The van der Waals surface area contributed by atoms with Crippen LogP contribution in [0.3, 0.4) is 0 Å². The number of aryl methyl sites for hydroxylation is 1. The van der Waals surface area contributed by atoms with Gasteiger partial charge < -0.3 is 15.6 Å². The van der Waals surface area contributed by atoms with E-state index in [1.54, 1.807) is 12.5 Å². The average Bonchev–Trinajstić information content (AvgIpc) is 2.71. The Morgan fingerprint density at radius 3 is 2.67 bits per heavy atom. The van der Waals surface area contributed by atoms with Crippen molar-refractivity contribution in [2.45, 2.75) is 6.92 Å². The molecule has 1 heterocycles. The third kappa shape index (κ3) is 2.04. The number of carboxylic acid groups (broad SMARTS) is 1. The lowest BCUT2D eigenvalue weighted by Gasteiger charge is -2.09. The first kappa shape index (κ1) is 12.4. The number of aromatic carboxylic acids is 1. The van der Waals surface area contributed by atoms with Gasteiger partial charge in [0.05, 0.1) is 12.8 Å². The molecule has 1 aromatic heterocycles. The molecule has 2 aromatic rings. The number of carbonyl (C=O) groups is 1. The summed E-state index contributed by atoms with van der Waals surface area (Å²) < 4.78 is 5.28. The Morgan fingerprint density at radius 1 is 1.39 bits per heavy atom. The summed E-state index contributed by atoms with van der Waals surface area (Å²) in [7, 11) is 1.58. The van der Waals surface area contributed by atoms with Crippen LogP contribution in [0.1, 0.15) is 15.2 Å². The maximum Gasteiger partial charge on any atom is 0.348 e. The molecule has 18 heavy (non-hydrogen) atoms. The van der Waals surface area contributed by atoms with E-state index in [9.17, 15) is 4.79 Å². The highest BCUT2D eigenvalue weighted by atomic mass is 32.1. The summed E-state index contributed by atoms with van der Waals surface area (Å²) in [6.07, 6.45) is 0. The minimum atomic E-state index is -1.00. The van der Waals surface area contributed by atoms with Crippen LogP contribution in [-0.4, -0.2) is 18.2 Å². The van der Waals surface area contributed by atoms with E-state index in [2.05, 4.69) is 0 Å². The summed E-state index contributed by atoms with van der Waals surface area (Å²) >= 11 is 1.12. The molecule has 1 aromatic carbocycles. The molecule has 0 saturated carbocycles. The predicted octanol–water partition coefficient (Wildman–Crippen LogP) is 3.01. The molecular weight excluding hydrogens is 250 g/mol. The van der Waals surface area contributed by atoms with Crippen LogP contribution in [0.15, 0.2) is 23.6 Å². The molecule has 0 saturated heterocycles. The smallest absolute Gasteiger partial charge is 0.348 e. The van der Waals surface area contributed by atoms with E-state index in [0.29, 0.717) is 11.3 Å². The molecule has 0 radical (unpaired) electrons. The van der Waals surface area contributed by atoms with Crippen LogP contribution in [0.2, 0.25) is 0 Å². The first-order valence-corrected chi connectivity index (χ1v) is 6.17. The van der Waals surface area contributed by atoms with Gasteiger partial charge in [-0.15, -0.1) is 11.3 Å². The highest BCUT2D eigenvalue weighted by Gasteiger charge is 2.18. The van der Waals surface area contributed by atoms with Gasteiger partial charge in [0.1, 0.15) is 10.6 Å². The maximum atomic E-state index is 11.0. The highest BCUT2D eigenvalue weighted by molar-refractivity contribution is 7.13. The molecule has 0 spiro atoms. The Balaban J connectivity index is 2.61. The molecule has 4 nitrogen and oxygen atoms in total. The van der Waals surface area contributed by atoms with Crippen LogP contribution in [0.25, 0.3) is 11.1 Å². The molecule has 3 N–H and O–H groups in total. The maximum absolute atomic E-state index is 11.0. The van der Waals surface area contributed by atoms with Crippen molar-refractivity contribution in [3.8, 4) is 16.9 Å². The topological polar surface area (TPSA) is 72.5 Å². The molecule has 0 amide bonds. The van der Waals surface area contributed by atoms with Crippen LogP contribution in [-0.2, 0) is 0 Å². The summed E-state index contributed by atoms with van der Waals surface area (Å²) in [5.74, 6) is -0.322. The summed E-state index contributed by atoms with van der Waals surface area (Å²) in [5, 5.41) is 10.8. The SMILES string of the molecule is COc1ccc(C)cc1-c1csc(C(=O)O)c1N. The average molecular weight is 263 g/mol. The number of carboxylic acids is 1. The lowest BCUT2D eigenvalue weighted by molar-refractivity contribution is 0.0703. The first-order valence-electron chi connectivity index (χ1n) is 5.30. The fraction of sp³-hybridized carbons (Fsp3) is 0.154. The van der Waals surface area contributed by atoms with Gasteiger partial charge in [-0.2, -0.15) is 0 Å². The number of hydrogen-bond acceptors (Lipinski definition) is 4. The summed E-state index contributed by atoms with van der Waals surface area (Å²) in [5.41, 5.74) is 8.76. The Hall–Kier alpha value is -2.01. The molecule has 5 heteroatoms. The third-order valence-electron chi connectivity index (χ3n) is 2.67. The quantitative estimate of drug-likeness (QED) is 0.892. The summed E-state index contributed by atoms with van der Waals surface area (Å²) in [4.78, 5) is 11.1. The molecule has 0 unspecified atom stereocenters. The summed E-state index contributed by atoms with van der Waals surface area (Å²) in [6.45, 7) is 1.96. The monoisotopic (exact) mass is 263 g/mol. The number of rotatable bonds is 3. The van der Waals surface area contributed by atoms with Gasteiger partial charge in [0.2, 0.25) is 0 Å². The van der Waals surface area contributed by atoms with E-state index in [-0.39, 0.29) is 10.6 Å². The van der Waals surface area contributed by atoms with Crippen molar-refractivity contribution in [1.82, 2.24) is 0 Å². The van der Waals surface area contributed by atoms with Gasteiger partial charge in [-0.1, -0.05) is 11.6 Å². The van der Waals surface area contributed by atoms with Gasteiger partial charge in [-0.25, -0.2) is 4.79 Å². The molecule has 94 valence electrons. The molecule has 0 bridgehead atoms. The van der Waals surface area contributed by atoms with Crippen molar-refractivity contribution in [3.05, 3.63) is 34.0 Å². The number of nitrogen functional groups attached to an aromatic ring is 1. The zero-order chi connectivity index (χ0) is 13.3. The van der Waals surface area contributed by atoms with Gasteiger partial charge in [0.15, 0.2) is 0 Å². The van der Waals surface area contributed by atoms with Crippen molar-refractivity contribution < 1.29 is 14.6 Å². The van der Waals surface area contributed by atoms with E-state index >= 15 is 0 Å². The number of anilines is 1. The van der Waals surface area contributed by atoms with Gasteiger partial charge in [-0.05, 0) is 19.1 Å². The van der Waals surface area contributed by atoms with E-state index in [0.717, 1.165) is 22.5 Å². The third-order valence-corrected chi connectivity index (χ3v) is 3.65. The van der Waals surface area contributed by atoms with Gasteiger partial charge in [0.25, 0.3) is 0 Å². The lowest BCUT2D eigenvalue weighted by atomic mass is 10.0. The number of benzene rings is 1. The Kier molecular flexibility index (Phi) is 3.25. The second kappa shape index (κ2) is 4.70. The number of nitrogens with two attached hydrogens (primary N) is 1. The van der Waals surface area contributed by atoms with E-state index in [1.165, 1.54) is 0 Å². The lowest BCUT2D eigenvalue weighted by Crippen LogP contribution is -1.98. The first-order chi connectivity index (χ1) is 8.54. The van der Waals surface area contributed by atoms with Crippen molar-refractivity contribution in [2.24, 2.45) is 0 Å². The molecular formula is C13H13NO3S. The number of methoxy groups -OCH3 is 1. The zero-order valence-electron chi connectivity index (χ0n) is 10.1. The van der Waals surface area contributed by atoms with Crippen LogP contribution in [0, 0.1) is 6.92 Å². The predicted molar refractivity (Wildman–Crippen MR) is 72.4 cm³/mol. The second-order valence-corrected chi connectivity index (χ2v) is 4.78. The van der Waals surface area contributed by atoms with Crippen molar-refractivity contribution in [3.63, 3.8) is 0 Å². The van der Waals surface area contributed by atoms with Gasteiger partial charge in [0, 0.05) is 16.5 Å². The number of thiophene rings is 1. The van der Waals surface area contributed by atoms with Crippen LogP contribution in [0.4, 0.5) is 5.69 Å².